The van der Waals surface area contributed by atoms with Gasteiger partial charge in [-0.1, -0.05) is 17.7 Å². The zero-order chi connectivity index (χ0) is 14.1. The third-order valence-corrected chi connectivity index (χ3v) is 4.91. The molecule has 0 amide bonds. The van der Waals surface area contributed by atoms with Crippen molar-refractivity contribution in [1.82, 2.24) is 15.1 Å². The second-order valence-corrected chi connectivity index (χ2v) is 6.13. The molecule has 1 atom stereocenters. The Bertz CT molecular complexity index is 470. The standard InChI is InChI=1S/C15H21ClFN3/c1-11(14-3-2-12(17)8-15(14)16)19-4-6-20(7-5-19)13-9-18-10-13/h2-3,8,11,13,18H,4-7,9-10H2,1H3. The molecule has 0 aliphatic carbocycles. The third kappa shape index (κ3) is 2.84. The lowest BCUT2D eigenvalue weighted by molar-refractivity contribution is 0.0552. The number of piperazine rings is 1. The van der Waals surface area contributed by atoms with E-state index in [2.05, 4.69) is 22.0 Å². The smallest absolute Gasteiger partial charge is 0.124 e. The summed E-state index contributed by atoms with van der Waals surface area (Å²) in [6, 6.07) is 5.68. The van der Waals surface area contributed by atoms with Crippen LogP contribution in [0.3, 0.4) is 0 Å². The van der Waals surface area contributed by atoms with Crippen LogP contribution in [0.4, 0.5) is 4.39 Å². The number of rotatable bonds is 3. The molecule has 5 heteroatoms. The maximum atomic E-state index is 13.1. The van der Waals surface area contributed by atoms with Crippen LogP contribution in [0.5, 0.6) is 0 Å². The van der Waals surface area contributed by atoms with Crippen molar-refractivity contribution in [2.75, 3.05) is 39.3 Å². The van der Waals surface area contributed by atoms with E-state index in [1.807, 2.05) is 6.07 Å². The van der Waals surface area contributed by atoms with Crippen LogP contribution in [0.25, 0.3) is 0 Å². The molecule has 2 saturated heterocycles. The molecule has 2 aliphatic rings. The summed E-state index contributed by atoms with van der Waals surface area (Å²) in [5.41, 5.74) is 1.02. The Morgan fingerprint density at radius 3 is 2.50 bits per heavy atom. The molecule has 0 aromatic heterocycles. The van der Waals surface area contributed by atoms with Crippen molar-refractivity contribution in [3.8, 4) is 0 Å². The molecule has 2 aliphatic heterocycles. The monoisotopic (exact) mass is 297 g/mol. The van der Waals surface area contributed by atoms with Gasteiger partial charge in [-0.25, -0.2) is 4.39 Å². The minimum atomic E-state index is -0.270. The molecular weight excluding hydrogens is 277 g/mol. The summed E-state index contributed by atoms with van der Waals surface area (Å²) in [4.78, 5) is 4.99. The van der Waals surface area contributed by atoms with E-state index >= 15 is 0 Å². The van der Waals surface area contributed by atoms with Crippen LogP contribution >= 0.6 is 11.6 Å². The van der Waals surface area contributed by atoms with E-state index in [0.29, 0.717) is 5.02 Å². The van der Waals surface area contributed by atoms with Crippen LogP contribution in [0.2, 0.25) is 5.02 Å². The molecule has 0 spiro atoms. The van der Waals surface area contributed by atoms with Crippen LogP contribution in [0.15, 0.2) is 18.2 Å². The average molecular weight is 298 g/mol. The average Bonchev–Trinajstić information content (AvgIpc) is 2.37. The first-order valence-corrected chi connectivity index (χ1v) is 7.66. The Hall–Kier alpha value is -0.680. The van der Waals surface area contributed by atoms with E-state index in [4.69, 9.17) is 11.6 Å². The number of hydrogen-bond donors (Lipinski definition) is 1. The first-order valence-electron chi connectivity index (χ1n) is 7.29. The Morgan fingerprint density at radius 2 is 1.95 bits per heavy atom. The van der Waals surface area contributed by atoms with E-state index < -0.39 is 0 Å². The largest absolute Gasteiger partial charge is 0.314 e. The molecule has 110 valence electrons. The lowest BCUT2D eigenvalue weighted by atomic mass is 10.0. The maximum Gasteiger partial charge on any atom is 0.124 e. The van der Waals surface area contributed by atoms with E-state index in [-0.39, 0.29) is 11.9 Å². The van der Waals surface area contributed by atoms with E-state index in [1.54, 1.807) is 0 Å². The van der Waals surface area contributed by atoms with Gasteiger partial charge in [-0.2, -0.15) is 0 Å². The van der Waals surface area contributed by atoms with Gasteiger partial charge in [0.2, 0.25) is 0 Å². The highest BCUT2D eigenvalue weighted by Crippen LogP contribution is 2.29. The predicted molar refractivity (Wildman–Crippen MR) is 79.6 cm³/mol. The van der Waals surface area contributed by atoms with Crippen molar-refractivity contribution in [3.63, 3.8) is 0 Å². The number of nitrogens with zero attached hydrogens (tertiary/aromatic N) is 2. The summed E-state index contributed by atoms with van der Waals surface area (Å²) in [5.74, 6) is -0.270. The van der Waals surface area contributed by atoms with Crippen LogP contribution in [0, 0.1) is 5.82 Å². The van der Waals surface area contributed by atoms with Crippen LogP contribution < -0.4 is 5.32 Å². The second-order valence-electron chi connectivity index (χ2n) is 5.73. The first-order chi connectivity index (χ1) is 9.65. The number of nitrogens with one attached hydrogen (secondary N) is 1. The van der Waals surface area contributed by atoms with Crippen molar-refractivity contribution < 1.29 is 4.39 Å². The fourth-order valence-corrected chi connectivity index (χ4v) is 3.38. The molecule has 2 fully saturated rings. The Kier molecular flexibility index (Phi) is 4.26. The lowest BCUT2D eigenvalue weighted by Crippen LogP contribution is -2.61. The van der Waals surface area contributed by atoms with Gasteiger partial charge in [0.25, 0.3) is 0 Å². The van der Waals surface area contributed by atoms with Crippen LogP contribution in [-0.2, 0) is 0 Å². The highest BCUT2D eigenvalue weighted by Gasteiger charge is 2.29. The summed E-state index contributed by atoms with van der Waals surface area (Å²) in [6.45, 7) is 8.71. The Balaban J connectivity index is 1.62. The molecule has 0 radical (unpaired) electrons. The predicted octanol–water partition coefficient (Wildman–Crippen LogP) is 2.13. The number of hydrogen-bond acceptors (Lipinski definition) is 3. The van der Waals surface area contributed by atoms with Gasteiger partial charge in [0.15, 0.2) is 0 Å². The van der Waals surface area contributed by atoms with Gasteiger partial charge in [-0.3, -0.25) is 9.80 Å². The van der Waals surface area contributed by atoms with Crippen molar-refractivity contribution >= 4 is 11.6 Å². The van der Waals surface area contributed by atoms with E-state index in [1.165, 1.54) is 12.1 Å². The summed E-state index contributed by atoms with van der Waals surface area (Å²) < 4.78 is 13.1. The van der Waals surface area contributed by atoms with Crippen molar-refractivity contribution in [2.45, 2.75) is 19.0 Å². The van der Waals surface area contributed by atoms with Crippen LogP contribution in [-0.4, -0.2) is 55.1 Å². The van der Waals surface area contributed by atoms with Gasteiger partial charge in [0.1, 0.15) is 5.82 Å². The van der Waals surface area contributed by atoms with Gasteiger partial charge in [-0.05, 0) is 24.6 Å². The summed E-state index contributed by atoms with van der Waals surface area (Å²) in [7, 11) is 0. The molecular formula is C15H21ClFN3. The fraction of sp³-hybridized carbons (Fsp3) is 0.600. The minimum Gasteiger partial charge on any atom is -0.314 e. The molecule has 1 unspecified atom stereocenters. The topological polar surface area (TPSA) is 18.5 Å². The van der Waals surface area contributed by atoms with Crippen molar-refractivity contribution in [2.24, 2.45) is 0 Å². The normalized spacial score (nSPS) is 23.6. The van der Waals surface area contributed by atoms with E-state index in [9.17, 15) is 4.39 Å². The maximum absolute atomic E-state index is 13.1. The molecule has 1 aromatic rings. The highest BCUT2D eigenvalue weighted by atomic mass is 35.5. The first kappa shape index (κ1) is 14.3. The number of benzene rings is 1. The SMILES string of the molecule is CC(c1ccc(F)cc1Cl)N1CCN(C2CNC2)CC1. The summed E-state index contributed by atoms with van der Waals surface area (Å²) in [6.07, 6.45) is 0. The Morgan fingerprint density at radius 1 is 1.25 bits per heavy atom. The molecule has 3 rings (SSSR count). The highest BCUT2D eigenvalue weighted by molar-refractivity contribution is 6.31. The van der Waals surface area contributed by atoms with Gasteiger partial charge in [0.05, 0.1) is 0 Å². The zero-order valence-corrected chi connectivity index (χ0v) is 12.5. The third-order valence-electron chi connectivity index (χ3n) is 4.59. The lowest BCUT2D eigenvalue weighted by Gasteiger charge is -2.44. The second kappa shape index (κ2) is 5.98. The number of halogens is 2. The van der Waals surface area contributed by atoms with Gasteiger partial charge in [0, 0.05) is 56.4 Å². The molecule has 1 aromatic carbocycles. The molecule has 1 N–H and O–H groups in total. The summed E-state index contributed by atoms with van der Waals surface area (Å²) >= 11 is 6.17. The quantitative estimate of drug-likeness (QED) is 0.922. The van der Waals surface area contributed by atoms with Gasteiger partial charge in [-0.15, -0.1) is 0 Å². The van der Waals surface area contributed by atoms with Crippen molar-refractivity contribution in [1.29, 1.82) is 0 Å². The van der Waals surface area contributed by atoms with Crippen molar-refractivity contribution in [3.05, 3.63) is 34.6 Å². The molecule has 3 nitrogen and oxygen atoms in total. The zero-order valence-electron chi connectivity index (χ0n) is 11.8. The minimum absolute atomic E-state index is 0.241. The molecule has 0 bridgehead atoms. The van der Waals surface area contributed by atoms with E-state index in [0.717, 1.165) is 50.9 Å². The van der Waals surface area contributed by atoms with Gasteiger partial charge >= 0.3 is 0 Å². The van der Waals surface area contributed by atoms with Crippen LogP contribution in [0.1, 0.15) is 18.5 Å². The molecule has 20 heavy (non-hydrogen) atoms. The fourth-order valence-electron chi connectivity index (χ4n) is 3.06. The van der Waals surface area contributed by atoms with Gasteiger partial charge < -0.3 is 5.32 Å². The Labute approximate surface area is 124 Å². The summed E-state index contributed by atoms with van der Waals surface area (Å²) in [5, 5.41) is 3.85. The molecule has 0 saturated carbocycles. The molecule has 2 heterocycles.